The largest absolute Gasteiger partial charge is 0.379 e. The first-order valence-corrected chi connectivity index (χ1v) is 11.9. The second kappa shape index (κ2) is 9.56. The molecule has 4 heterocycles. The molecule has 1 saturated heterocycles. The Balaban J connectivity index is 1.27. The number of H-pyrrole nitrogens is 1. The Kier molecular flexibility index (Phi) is 6.34. The first-order valence-electron chi connectivity index (χ1n) is 11.9. The van der Waals surface area contributed by atoms with Gasteiger partial charge in [0.15, 0.2) is 0 Å². The number of nitrogens with zero attached hydrogens (tertiary/aromatic N) is 3. The summed E-state index contributed by atoms with van der Waals surface area (Å²) in [6.07, 6.45) is 2.64. The standard InChI is InChI=1S/C26H31N5O3/c1-17-22(15-28-25(32)24-13-19-5-3-4-6-23(19)29-24)21-7-8-31(16-20(21)14-27-17)26(33)18(2)30-9-11-34-12-10-30/h3-6,13-14,18,29H,7-12,15-16H2,1-2H3,(H,28,32). The average Bonchev–Trinajstić information content (AvgIpc) is 3.32. The van der Waals surface area contributed by atoms with Crippen molar-refractivity contribution < 1.29 is 14.3 Å². The summed E-state index contributed by atoms with van der Waals surface area (Å²) in [4.78, 5) is 37.9. The Morgan fingerprint density at radius 1 is 1.21 bits per heavy atom. The molecule has 2 N–H and O–H groups in total. The minimum Gasteiger partial charge on any atom is -0.379 e. The van der Waals surface area contributed by atoms with E-state index in [1.807, 2.05) is 55.3 Å². The maximum atomic E-state index is 13.2. The number of para-hydroxylation sites is 1. The van der Waals surface area contributed by atoms with Crippen molar-refractivity contribution in [1.29, 1.82) is 0 Å². The predicted molar refractivity (Wildman–Crippen MR) is 129 cm³/mol. The number of carbonyl (C=O) groups is 2. The summed E-state index contributed by atoms with van der Waals surface area (Å²) in [5, 5.41) is 4.07. The van der Waals surface area contributed by atoms with E-state index in [4.69, 9.17) is 4.74 Å². The molecule has 2 amide bonds. The van der Waals surface area contributed by atoms with Gasteiger partial charge < -0.3 is 19.9 Å². The lowest BCUT2D eigenvalue weighted by Crippen LogP contribution is -2.51. The number of aryl methyl sites for hydroxylation is 1. The van der Waals surface area contributed by atoms with Crippen LogP contribution in [-0.2, 0) is 29.0 Å². The van der Waals surface area contributed by atoms with Gasteiger partial charge in [0.05, 0.1) is 19.3 Å². The van der Waals surface area contributed by atoms with Crippen LogP contribution in [0.4, 0.5) is 0 Å². The molecule has 0 spiro atoms. The molecule has 0 radical (unpaired) electrons. The van der Waals surface area contributed by atoms with E-state index in [0.29, 0.717) is 38.5 Å². The fourth-order valence-electron chi connectivity index (χ4n) is 4.99. The zero-order chi connectivity index (χ0) is 23.7. The summed E-state index contributed by atoms with van der Waals surface area (Å²) < 4.78 is 5.42. The van der Waals surface area contributed by atoms with Crippen molar-refractivity contribution in [3.8, 4) is 0 Å². The molecule has 34 heavy (non-hydrogen) atoms. The zero-order valence-corrected chi connectivity index (χ0v) is 19.8. The first-order chi connectivity index (χ1) is 16.5. The number of hydrogen-bond acceptors (Lipinski definition) is 5. The Morgan fingerprint density at radius 2 is 2.00 bits per heavy atom. The molecular formula is C26H31N5O3. The number of fused-ring (bicyclic) bond motifs is 2. The van der Waals surface area contributed by atoms with Crippen molar-refractivity contribution in [2.75, 3.05) is 32.8 Å². The highest BCUT2D eigenvalue weighted by molar-refractivity contribution is 5.98. The normalized spacial score (nSPS) is 17.4. The average molecular weight is 462 g/mol. The molecule has 8 heteroatoms. The molecule has 0 aliphatic carbocycles. The number of nitrogens with one attached hydrogen (secondary N) is 2. The number of aromatic amines is 1. The van der Waals surface area contributed by atoms with Crippen LogP contribution in [0.15, 0.2) is 36.5 Å². The fraction of sp³-hybridized carbons (Fsp3) is 0.423. The number of pyridine rings is 1. The minimum atomic E-state index is -0.154. The van der Waals surface area contributed by atoms with E-state index in [9.17, 15) is 9.59 Å². The van der Waals surface area contributed by atoms with Crippen molar-refractivity contribution in [3.63, 3.8) is 0 Å². The van der Waals surface area contributed by atoms with Crippen molar-refractivity contribution in [3.05, 3.63) is 64.6 Å². The van der Waals surface area contributed by atoms with Gasteiger partial charge >= 0.3 is 0 Å². The van der Waals surface area contributed by atoms with E-state index in [-0.39, 0.29) is 17.9 Å². The number of aromatic nitrogens is 2. The lowest BCUT2D eigenvalue weighted by molar-refractivity contribution is -0.139. The van der Waals surface area contributed by atoms with E-state index in [1.54, 1.807) is 0 Å². The van der Waals surface area contributed by atoms with Gasteiger partial charge in [-0.2, -0.15) is 0 Å². The van der Waals surface area contributed by atoms with E-state index >= 15 is 0 Å². The number of carbonyl (C=O) groups excluding carboxylic acids is 2. The summed E-state index contributed by atoms with van der Waals surface area (Å²) >= 11 is 0. The third kappa shape index (κ3) is 4.43. The molecule has 2 aliphatic rings. The van der Waals surface area contributed by atoms with Crippen LogP contribution in [0.1, 0.15) is 39.8 Å². The number of benzene rings is 1. The minimum absolute atomic E-state index is 0.139. The molecule has 178 valence electrons. The molecule has 5 rings (SSSR count). The highest BCUT2D eigenvalue weighted by Crippen LogP contribution is 2.25. The van der Waals surface area contributed by atoms with Gasteiger partial charge in [0.1, 0.15) is 5.69 Å². The van der Waals surface area contributed by atoms with Gasteiger partial charge in [-0.1, -0.05) is 18.2 Å². The lowest BCUT2D eigenvalue weighted by atomic mass is 9.94. The second-order valence-corrected chi connectivity index (χ2v) is 9.11. The van der Waals surface area contributed by atoms with Gasteiger partial charge in [-0.3, -0.25) is 19.5 Å². The summed E-state index contributed by atoms with van der Waals surface area (Å²) in [6.45, 7) is 8.54. The molecule has 0 bridgehead atoms. The van der Waals surface area contributed by atoms with E-state index in [0.717, 1.165) is 47.2 Å². The van der Waals surface area contributed by atoms with Crippen LogP contribution in [0.25, 0.3) is 10.9 Å². The Bertz CT molecular complexity index is 1180. The summed E-state index contributed by atoms with van der Waals surface area (Å²) in [6, 6.07) is 9.56. The number of rotatable bonds is 5. The maximum absolute atomic E-state index is 13.2. The van der Waals surface area contributed by atoms with Crippen LogP contribution < -0.4 is 5.32 Å². The van der Waals surface area contributed by atoms with Crippen molar-refractivity contribution >= 4 is 22.7 Å². The van der Waals surface area contributed by atoms with Crippen LogP contribution >= 0.6 is 0 Å². The zero-order valence-electron chi connectivity index (χ0n) is 19.8. The van der Waals surface area contributed by atoms with Crippen molar-refractivity contribution in [2.45, 2.75) is 39.4 Å². The highest BCUT2D eigenvalue weighted by Gasteiger charge is 2.30. The van der Waals surface area contributed by atoms with E-state index < -0.39 is 0 Å². The number of amides is 2. The Hall–Kier alpha value is -3.23. The molecular weight excluding hydrogens is 430 g/mol. The summed E-state index contributed by atoms with van der Waals surface area (Å²) in [5.74, 6) is 0.0157. The van der Waals surface area contributed by atoms with Gasteiger partial charge in [0.25, 0.3) is 5.91 Å². The van der Waals surface area contributed by atoms with Crippen LogP contribution in [0.3, 0.4) is 0 Å². The van der Waals surface area contributed by atoms with Crippen LogP contribution in [0.2, 0.25) is 0 Å². The third-order valence-electron chi connectivity index (χ3n) is 7.06. The predicted octanol–water partition coefficient (Wildman–Crippen LogP) is 2.41. The lowest BCUT2D eigenvalue weighted by Gasteiger charge is -2.37. The van der Waals surface area contributed by atoms with Crippen molar-refractivity contribution in [1.82, 2.24) is 25.1 Å². The third-order valence-corrected chi connectivity index (χ3v) is 7.06. The molecule has 2 aromatic heterocycles. The molecule has 0 saturated carbocycles. The van der Waals surface area contributed by atoms with Crippen LogP contribution in [-0.4, -0.2) is 70.5 Å². The molecule has 8 nitrogen and oxygen atoms in total. The topological polar surface area (TPSA) is 90.6 Å². The quantitative estimate of drug-likeness (QED) is 0.609. The van der Waals surface area contributed by atoms with E-state index in [1.165, 1.54) is 5.56 Å². The van der Waals surface area contributed by atoms with Gasteiger partial charge in [0, 0.05) is 55.5 Å². The Morgan fingerprint density at radius 3 is 2.79 bits per heavy atom. The molecule has 1 fully saturated rings. The smallest absolute Gasteiger partial charge is 0.267 e. The Labute approximate surface area is 199 Å². The van der Waals surface area contributed by atoms with Crippen LogP contribution in [0, 0.1) is 6.92 Å². The highest BCUT2D eigenvalue weighted by atomic mass is 16.5. The molecule has 1 atom stereocenters. The number of hydrogen-bond donors (Lipinski definition) is 2. The first kappa shape index (κ1) is 22.6. The number of ether oxygens (including phenoxy) is 1. The van der Waals surface area contributed by atoms with Gasteiger partial charge in [0.2, 0.25) is 5.91 Å². The SMILES string of the molecule is Cc1ncc2c(c1CNC(=O)c1cc3ccccc3[nH]1)CCN(C(=O)C(C)N1CCOCC1)C2. The summed E-state index contributed by atoms with van der Waals surface area (Å²) in [5.41, 5.74) is 5.72. The molecule has 3 aromatic rings. The summed E-state index contributed by atoms with van der Waals surface area (Å²) in [7, 11) is 0. The second-order valence-electron chi connectivity index (χ2n) is 9.11. The molecule has 2 aliphatic heterocycles. The van der Waals surface area contributed by atoms with Gasteiger partial charge in [-0.25, -0.2) is 0 Å². The molecule has 1 unspecified atom stereocenters. The maximum Gasteiger partial charge on any atom is 0.267 e. The fourth-order valence-corrected chi connectivity index (χ4v) is 4.99. The molecule has 1 aromatic carbocycles. The monoisotopic (exact) mass is 461 g/mol. The van der Waals surface area contributed by atoms with E-state index in [2.05, 4.69) is 20.2 Å². The van der Waals surface area contributed by atoms with Gasteiger partial charge in [-0.15, -0.1) is 0 Å². The van der Waals surface area contributed by atoms with Crippen molar-refractivity contribution in [2.24, 2.45) is 0 Å². The number of morpholine rings is 1. The van der Waals surface area contributed by atoms with Crippen LogP contribution in [0.5, 0.6) is 0 Å². The van der Waals surface area contributed by atoms with Gasteiger partial charge in [-0.05, 0) is 49.1 Å².